The molecule has 3 nitrogen and oxygen atoms in total. The van der Waals surface area contributed by atoms with E-state index in [1.807, 2.05) is 6.92 Å². The van der Waals surface area contributed by atoms with Crippen molar-refractivity contribution in [2.24, 2.45) is 0 Å². The molecule has 0 bridgehead atoms. The minimum atomic E-state index is -1.62. The summed E-state index contributed by atoms with van der Waals surface area (Å²) in [6.45, 7) is 1.96. The summed E-state index contributed by atoms with van der Waals surface area (Å²) in [5.41, 5.74) is 0. The number of allylic oxidation sites excluding steroid dienone is 1. The van der Waals surface area contributed by atoms with Crippen molar-refractivity contribution in [2.75, 3.05) is 0 Å². The first-order valence-electron chi connectivity index (χ1n) is 2.04. The molecule has 0 radical (unpaired) electrons. The molecule has 0 aromatic heterocycles. The van der Waals surface area contributed by atoms with E-state index in [0.29, 0.717) is 0 Å². The van der Waals surface area contributed by atoms with Gasteiger partial charge >= 0.3 is 23.4 Å². The molecule has 1 N–H and O–H groups in total. The van der Waals surface area contributed by atoms with Gasteiger partial charge in [0.05, 0.1) is 6.26 Å². The minimum absolute atomic E-state index is 0.913. The van der Waals surface area contributed by atoms with E-state index in [-0.39, 0.29) is 0 Å². The molecule has 0 aromatic carbocycles. The first kappa shape index (κ1) is 10.7. The van der Waals surface area contributed by atoms with Crippen LogP contribution >= 0.6 is 0 Å². The summed E-state index contributed by atoms with van der Waals surface area (Å²) in [4.78, 5) is 0. The van der Waals surface area contributed by atoms with Gasteiger partial charge in [-0.25, -0.2) is 0 Å². The fourth-order valence-electron chi connectivity index (χ4n) is 0.105. The number of hydrogen-bond acceptors (Lipinski definition) is 3. The second-order valence-electron chi connectivity index (χ2n) is 0.861. The van der Waals surface area contributed by atoms with Crippen molar-refractivity contribution in [3.8, 4) is 0 Å². The Hall–Kier alpha value is -0.168. The summed E-state index contributed by atoms with van der Waals surface area (Å²) in [7, 11) is 0. The molecule has 49 valence electrons. The Labute approximate surface area is 54.9 Å². The molecule has 4 heteroatoms. The molecule has 0 aliphatic carbocycles. The standard InChI is InChI=1S/C4H8O.Cr.2O/c1-2-3-4-5;;;/h3-5H,2H2,1H3;;;/q;;;-1. The molecule has 0 atom stereocenters. The molecule has 0 heterocycles. The van der Waals surface area contributed by atoms with Gasteiger partial charge in [-0.15, -0.1) is 0 Å². The zero-order chi connectivity index (χ0) is 6.83. The maximum atomic E-state index is 8.44. The van der Waals surface area contributed by atoms with Gasteiger partial charge in [-0.3, -0.25) is 0 Å². The van der Waals surface area contributed by atoms with Gasteiger partial charge in [0.2, 0.25) is 0 Å². The van der Waals surface area contributed by atoms with E-state index in [2.05, 4.69) is 0 Å². The molecular formula is C4H8CrO3-. The van der Waals surface area contributed by atoms with Crippen LogP contribution in [0.2, 0.25) is 0 Å². The fraction of sp³-hybridized carbons (Fsp3) is 0.500. The van der Waals surface area contributed by atoms with E-state index >= 15 is 0 Å². The monoisotopic (exact) mass is 156 g/mol. The molecule has 0 aliphatic rings. The Balaban J connectivity index is 0. The van der Waals surface area contributed by atoms with Crippen molar-refractivity contribution in [1.82, 2.24) is 0 Å². The predicted molar refractivity (Wildman–Crippen MR) is 22.7 cm³/mol. The quantitative estimate of drug-likeness (QED) is 0.550. The first-order chi connectivity index (χ1) is 3.83. The zero-order valence-corrected chi connectivity index (χ0v) is 5.81. The molecule has 0 aromatic rings. The zero-order valence-electron chi connectivity index (χ0n) is 4.53. The van der Waals surface area contributed by atoms with Crippen LogP contribution in [0.3, 0.4) is 0 Å². The van der Waals surface area contributed by atoms with Crippen molar-refractivity contribution in [3.05, 3.63) is 12.3 Å². The number of rotatable bonds is 1. The summed E-state index contributed by atoms with van der Waals surface area (Å²) in [5.74, 6) is 0. The SMILES string of the molecule is CCC=CO.[O]=[Cr][O-]. The summed E-state index contributed by atoms with van der Waals surface area (Å²) >= 11 is -1.62. The van der Waals surface area contributed by atoms with Crippen molar-refractivity contribution in [1.29, 1.82) is 0 Å². The van der Waals surface area contributed by atoms with Gasteiger partial charge in [0.1, 0.15) is 0 Å². The maximum absolute atomic E-state index is 8.44. The third-order valence-corrected chi connectivity index (χ3v) is 0.341. The van der Waals surface area contributed by atoms with E-state index in [1.54, 1.807) is 6.08 Å². The molecule has 0 rings (SSSR count). The Morgan fingerprint density at radius 2 is 2.25 bits per heavy atom. The van der Waals surface area contributed by atoms with Crippen LogP contribution in [0, 0.1) is 0 Å². The van der Waals surface area contributed by atoms with Crippen LogP contribution in [-0.4, -0.2) is 5.11 Å². The molecule has 0 saturated carbocycles. The van der Waals surface area contributed by atoms with E-state index in [0.717, 1.165) is 12.7 Å². The van der Waals surface area contributed by atoms with Gasteiger partial charge in [-0.2, -0.15) is 0 Å². The van der Waals surface area contributed by atoms with E-state index in [4.69, 9.17) is 13.1 Å². The molecule has 0 unspecified atom stereocenters. The summed E-state index contributed by atoms with van der Waals surface area (Å²) in [6.07, 6.45) is 3.65. The number of aliphatic hydroxyl groups excluding tert-OH is 1. The molecule has 8 heavy (non-hydrogen) atoms. The summed E-state index contributed by atoms with van der Waals surface area (Å²) < 4.78 is 16.9. The van der Waals surface area contributed by atoms with Crippen molar-refractivity contribution >= 4 is 0 Å². The van der Waals surface area contributed by atoms with Crippen molar-refractivity contribution in [2.45, 2.75) is 13.3 Å². The third-order valence-electron chi connectivity index (χ3n) is 0.341. The second kappa shape index (κ2) is 15.8. The fourth-order valence-corrected chi connectivity index (χ4v) is 0.105. The molecule has 0 fully saturated rings. The summed E-state index contributed by atoms with van der Waals surface area (Å²) in [6, 6.07) is 0. The van der Waals surface area contributed by atoms with Crippen LogP contribution in [0.4, 0.5) is 0 Å². The topological polar surface area (TPSA) is 60.4 Å². The van der Waals surface area contributed by atoms with Crippen molar-refractivity contribution in [3.63, 3.8) is 0 Å². The number of aliphatic hydroxyl groups is 1. The third kappa shape index (κ3) is 40.6. The molecular weight excluding hydrogens is 148 g/mol. The molecule has 0 saturated heterocycles. The van der Waals surface area contributed by atoms with Gasteiger partial charge in [0, 0.05) is 0 Å². The number of hydrogen-bond donors (Lipinski definition) is 1. The molecule has 0 spiro atoms. The second-order valence-corrected chi connectivity index (χ2v) is 1.07. The van der Waals surface area contributed by atoms with Crippen LogP contribution in [0.25, 0.3) is 0 Å². The Kier molecular flexibility index (Phi) is 21.3. The van der Waals surface area contributed by atoms with Gasteiger partial charge in [0.25, 0.3) is 0 Å². The predicted octanol–water partition coefficient (Wildman–Crippen LogP) is 0.158. The molecule has 0 aliphatic heterocycles. The van der Waals surface area contributed by atoms with E-state index in [1.165, 1.54) is 0 Å². The molecule has 0 amide bonds. The Bertz CT molecular complexity index is 62.3. The average Bonchev–Trinajstić information content (AvgIpc) is 1.71. The van der Waals surface area contributed by atoms with E-state index in [9.17, 15) is 0 Å². The van der Waals surface area contributed by atoms with E-state index < -0.39 is 15.5 Å². The first-order valence-corrected chi connectivity index (χ1v) is 3.08. The average molecular weight is 156 g/mol. The van der Waals surface area contributed by atoms with Crippen LogP contribution in [0.1, 0.15) is 13.3 Å². The van der Waals surface area contributed by atoms with Gasteiger partial charge in [0.15, 0.2) is 0 Å². The van der Waals surface area contributed by atoms with Crippen LogP contribution < -0.4 is 4.16 Å². The van der Waals surface area contributed by atoms with Crippen LogP contribution in [0.5, 0.6) is 0 Å². The van der Waals surface area contributed by atoms with Crippen molar-refractivity contribution < 1.29 is 28.6 Å². The summed E-state index contributed by atoms with van der Waals surface area (Å²) in [5, 5.41) is 7.89. The Morgan fingerprint density at radius 1 is 1.88 bits per heavy atom. The van der Waals surface area contributed by atoms with Crippen LogP contribution in [0.15, 0.2) is 12.3 Å². The van der Waals surface area contributed by atoms with Gasteiger partial charge < -0.3 is 5.11 Å². The Morgan fingerprint density at radius 3 is 2.25 bits per heavy atom. The normalized spacial score (nSPS) is 7.75. The van der Waals surface area contributed by atoms with Gasteiger partial charge in [-0.05, 0) is 6.42 Å². The van der Waals surface area contributed by atoms with Gasteiger partial charge in [-0.1, -0.05) is 13.0 Å². The van der Waals surface area contributed by atoms with Crippen LogP contribution in [-0.2, 0) is 19.3 Å².